The summed E-state index contributed by atoms with van der Waals surface area (Å²) in [5.74, 6) is 1.21. The largest absolute Gasteiger partial charge is 0.426 e. The molecule has 0 unspecified atom stereocenters. The molecule has 0 N–H and O–H groups in total. The summed E-state index contributed by atoms with van der Waals surface area (Å²) >= 11 is 0. The predicted octanol–water partition coefficient (Wildman–Crippen LogP) is 1.25. The highest BCUT2D eigenvalue weighted by Crippen LogP contribution is 2.26. The number of carbonyl (C=O) groups excluding carboxylic acids is 1. The Morgan fingerprint density at radius 3 is 3.00 bits per heavy atom. The van der Waals surface area contributed by atoms with E-state index in [1.165, 1.54) is 6.08 Å². The number of terminal acetylenes is 1. The first-order valence-corrected chi connectivity index (χ1v) is 4.22. The van der Waals surface area contributed by atoms with Gasteiger partial charge in [-0.25, -0.2) is 4.79 Å². The van der Waals surface area contributed by atoms with E-state index >= 15 is 0 Å². The van der Waals surface area contributed by atoms with E-state index in [0.717, 1.165) is 0 Å². The molecule has 0 saturated heterocycles. The Bertz CT molecular complexity index is 262. The maximum atomic E-state index is 10.9. The van der Waals surface area contributed by atoms with Gasteiger partial charge >= 0.3 is 5.97 Å². The number of rotatable bonds is 4. The van der Waals surface area contributed by atoms with Crippen molar-refractivity contribution in [2.24, 2.45) is 0 Å². The molecule has 3 nitrogen and oxygen atoms in total. The molecule has 0 aromatic carbocycles. The van der Waals surface area contributed by atoms with Gasteiger partial charge < -0.3 is 9.47 Å². The molecular weight excluding hydrogens is 168 g/mol. The summed E-state index contributed by atoms with van der Waals surface area (Å²) in [6.07, 6.45) is 9.15. The van der Waals surface area contributed by atoms with Crippen LogP contribution in [0.5, 0.6) is 0 Å². The maximum absolute atomic E-state index is 10.9. The van der Waals surface area contributed by atoms with Crippen LogP contribution in [0.25, 0.3) is 0 Å². The van der Waals surface area contributed by atoms with Crippen molar-refractivity contribution in [3.05, 3.63) is 12.2 Å². The van der Waals surface area contributed by atoms with Crippen molar-refractivity contribution in [1.82, 2.24) is 0 Å². The lowest BCUT2D eigenvalue weighted by atomic mass is 10.1. The van der Waals surface area contributed by atoms with Gasteiger partial charge in [0.1, 0.15) is 0 Å². The fourth-order valence-electron chi connectivity index (χ4n) is 1.21. The molecule has 1 atom stereocenters. The van der Waals surface area contributed by atoms with Crippen molar-refractivity contribution in [3.63, 3.8) is 0 Å². The van der Waals surface area contributed by atoms with Gasteiger partial charge in [0.2, 0.25) is 5.79 Å². The molecule has 0 amide bonds. The fraction of sp³-hybridized carbons (Fsp3) is 0.500. The Morgan fingerprint density at radius 1 is 1.77 bits per heavy atom. The molecule has 0 aliphatic carbocycles. The number of cyclic esters (lactones) is 1. The number of ether oxygens (including phenoxy) is 2. The average Bonchev–Trinajstić information content (AvgIpc) is 2.46. The van der Waals surface area contributed by atoms with Gasteiger partial charge in [0.05, 0.1) is 0 Å². The summed E-state index contributed by atoms with van der Waals surface area (Å²) in [6.45, 7) is 2.33. The summed E-state index contributed by atoms with van der Waals surface area (Å²) in [5.41, 5.74) is 0. The van der Waals surface area contributed by atoms with E-state index in [1.54, 1.807) is 6.08 Å². The summed E-state index contributed by atoms with van der Waals surface area (Å²) in [5, 5.41) is 0. The van der Waals surface area contributed by atoms with Crippen LogP contribution in [0, 0.1) is 12.3 Å². The van der Waals surface area contributed by atoms with Crippen molar-refractivity contribution in [2.75, 3.05) is 6.61 Å². The molecule has 0 fully saturated rings. The molecular formula is C10H12O3. The molecule has 70 valence electrons. The molecule has 13 heavy (non-hydrogen) atoms. The summed E-state index contributed by atoms with van der Waals surface area (Å²) in [6, 6.07) is 0. The second-order valence-corrected chi connectivity index (χ2v) is 2.70. The number of hydrogen-bond donors (Lipinski definition) is 0. The van der Waals surface area contributed by atoms with E-state index < -0.39 is 5.79 Å². The Balaban J connectivity index is 2.61. The molecule has 1 rings (SSSR count). The van der Waals surface area contributed by atoms with Gasteiger partial charge in [-0.1, -0.05) is 0 Å². The maximum Gasteiger partial charge on any atom is 0.333 e. The lowest BCUT2D eigenvalue weighted by Gasteiger charge is -2.25. The Labute approximate surface area is 77.7 Å². The zero-order valence-corrected chi connectivity index (χ0v) is 7.58. The summed E-state index contributed by atoms with van der Waals surface area (Å²) < 4.78 is 10.4. The smallest absolute Gasteiger partial charge is 0.333 e. The Morgan fingerprint density at radius 2 is 2.54 bits per heavy atom. The Kier molecular flexibility index (Phi) is 3.10. The molecule has 1 aliphatic rings. The van der Waals surface area contributed by atoms with Crippen LogP contribution >= 0.6 is 0 Å². The van der Waals surface area contributed by atoms with Gasteiger partial charge in [-0.05, 0) is 13.0 Å². The Hall–Kier alpha value is -1.27. The zero-order chi connectivity index (χ0) is 9.73. The van der Waals surface area contributed by atoms with Gasteiger partial charge in [0, 0.05) is 25.5 Å². The van der Waals surface area contributed by atoms with Crippen molar-refractivity contribution in [1.29, 1.82) is 0 Å². The van der Waals surface area contributed by atoms with Crippen molar-refractivity contribution in [2.45, 2.75) is 25.6 Å². The second-order valence-electron chi connectivity index (χ2n) is 2.70. The zero-order valence-electron chi connectivity index (χ0n) is 7.58. The fourth-order valence-corrected chi connectivity index (χ4v) is 1.21. The first kappa shape index (κ1) is 9.82. The molecule has 0 aromatic heterocycles. The van der Waals surface area contributed by atoms with Crippen LogP contribution in [-0.4, -0.2) is 18.4 Å². The average molecular weight is 180 g/mol. The topological polar surface area (TPSA) is 35.5 Å². The van der Waals surface area contributed by atoms with E-state index in [9.17, 15) is 4.79 Å². The predicted molar refractivity (Wildman–Crippen MR) is 47.7 cm³/mol. The van der Waals surface area contributed by atoms with E-state index in [-0.39, 0.29) is 5.97 Å². The molecule has 0 saturated carbocycles. The molecule has 1 heterocycles. The van der Waals surface area contributed by atoms with Crippen LogP contribution in [0.2, 0.25) is 0 Å². The molecule has 3 heteroatoms. The highest BCUT2D eigenvalue weighted by Gasteiger charge is 2.35. The minimum Gasteiger partial charge on any atom is -0.426 e. The van der Waals surface area contributed by atoms with Gasteiger partial charge in [-0.2, -0.15) is 0 Å². The molecule has 0 aromatic rings. The van der Waals surface area contributed by atoms with Crippen LogP contribution in [0.1, 0.15) is 19.8 Å². The molecule has 1 aliphatic heterocycles. The first-order chi connectivity index (χ1) is 6.22. The highest BCUT2D eigenvalue weighted by atomic mass is 16.7. The third-order valence-electron chi connectivity index (χ3n) is 1.75. The molecule has 0 radical (unpaired) electrons. The first-order valence-electron chi connectivity index (χ1n) is 4.22. The van der Waals surface area contributed by atoms with E-state index in [1.807, 2.05) is 6.92 Å². The van der Waals surface area contributed by atoms with Gasteiger partial charge in [-0.3, -0.25) is 0 Å². The van der Waals surface area contributed by atoms with Gasteiger partial charge in [0.25, 0.3) is 0 Å². The minimum absolute atomic E-state index is 0.370. The molecule has 0 spiro atoms. The van der Waals surface area contributed by atoms with Crippen molar-refractivity contribution < 1.29 is 14.3 Å². The van der Waals surface area contributed by atoms with Crippen LogP contribution < -0.4 is 0 Å². The number of esters is 1. The quantitative estimate of drug-likeness (QED) is 0.482. The monoisotopic (exact) mass is 180 g/mol. The van der Waals surface area contributed by atoms with Crippen LogP contribution in [0.15, 0.2) is 12.2 Å². The lowest BCUT2D eigenvalue weighted by molar-refractivity contribution is -0.198. The summed E-state index contributed by atoms with van der Waals surface area (Å²) in [7, 11) is 0. The minimum atomic E-state index is -0.905. The third-order valence-corrected chi connectivity index (χ3v) is 1.75. The second kappa shape index (κ2) is 4.11. The van der Waals surface area contributed by atoms with Crippen LogP contribution in [0.4, 0.5) is 0 Å². The van der Waals surface area contributed by atoms with Crippen molar-refractivity contribution in [3.8, 4) is 12.3 Å². The van der Waals surface area contributed by atoms with Gasteiger partial charge in [0.15, 0.2) is 0 Å². The van der Waals surface area contributed by atoms with Crippen LogP contribution in [0.3, 0.4) is 0 Å². The van der Waals surface area contributed by atoms with E-state index in [2.05, 4.69) is 5.92 Å². The number of carbonyl (C=O) groups is 1. The lowest BCUT2D eigenvalue weighted by Crippen LogP contribution is -2.31. The third kappa shape index (κ3) is 2.33. The summed E-state index contributed by atoms with van der Waals surface area (Å²) in [4.78, 5) is 10.9. The standard InChI is InChI=1S/C10H12O3/c1-3-5-7-10(12-4-2)8-6-9(11)13-10/h1,6,8H,4-5,7H2,2H3/t10-/m0/s1. The van der Waals surface area contributed by atoms with Crippen molar-refractivity contribution >= 4 is 5.97 Å². The van der Waals surface area contributed by atoms with Gasteiger partial charge in [-0.15, -0.1) is 12.3 Å². The molecule has 0 bridgehead atoms. The van der Waals surface area contributed by atoms with E-state index in [0.29, 0.717) is 19.4 Å². The highest BCUT2D eigenvalue weighted by molar-refractivity contribution is 5.84. The number of hydrogen-bond acceptors (Lipinski definition) is 3. The van der Waals surface area contributed by atoms with Crippen LogP contribution in [-0.2, 0) is 14.3 Å². The normalized spacial score (nSPS) is 25.7. The van der Waals surface area contributed by atoms with E-state index in [4.69, 9.17) is 15.9 Å². The SMILES string of the molecule is C#CCC[C@@]1(OCC)C=CC(=O)O1.